The maximum absolute atomic E-state index is 12.7. The summed E-state index contributed by atoms with van der Waals surface area (Å²) < 4.78 is 38.2. The van der Waals surface area contributed by atoms with Crippen LogP contribution < -0.4 is 9.80 Å². The molecule has 29 heavy (non-hydrogen) atoms. The second-order valence-corrected chi connectivity index (χ2v) is 6.68. The van der Waals surface area contributed by atoms with Crippen LogP contribution in [0.25, 0.3) is 11.3 Å². The maximum Gasteiger partial charge on any atom is 0.416 e. The number of aromatic nitrogens is 3. The predicted octanol–water partition coefficient (Wildman–Crippen LogP) is 3.59. The van der Waals surface area contributed by atoms with Gasteiger partial charge in [0.15, 0.2) is 0 Å². The molecule has 0 spiro atoms. The van der Waals surface area contributed by atoms with Crippen LogP contribution in [0, 0.1) is 0 Å². The van der Waals surface area contributed by atoms with Gasteiger partial charge < -0.3 is 14.9 Å². The number of phenols is 1. The van der Waals surface area contributed by atoms with Crippen LogP contribution >= 0.6 is 0 Å². The summed E-state index contributed by atoms with van der Waals surface area (Å²) in [5.41, 5.74) is 1.09. The fourth-order valence-corrected chi connectivity index (χ4v) is 3.28. The summed E-state index contributed by atoms with van der Waals surface area (Å²) in [6.07, 6.45) is -2.94. The number of rotatable bonds is 3. The number of piperazine rings is 1. The minimum Gasteiger partial charge on any atom is -0.506 e. The summed E-state index contributed by atoms with van der Waals surface area (Å²) in [4.78, 5) is 8.53. The molecule has 2 aromatic carbocycles. The standard InChI is InChI=1S/C20H18F3N5O/c21-20(22,23)15-7-5-14(6-8-15)16-13-24-26-19(25-16)28-11-9-27(10-12-28)17-3-1-2-4-18(17)29/h1-8,13,29H,9-12H2. The molecule has 0 saturated carbocycles. The molecule has 1 aliphatic heterocycles. The third-order valence-electron chi connectivity index (χ3n) is 4.84. The van der Waals surface area contributed by atoms with Gasteiger partial charge in [0, 0.05) is 31.7 Å². The molecule has 1 saturated heterocycles. The van der Waals surface area contributed by atoms with Crippen LogP contribution in [0.5, 0.6) is 5.75 Å². The Hall–Kier alpha value is -3.36. The van der Waals surface area contributed by atoms with Gasteiger partial charge in [-0.3, -0.25) is 0 Å². The van der Waals surface area contributed by atoms with Crippen molar-refractivity contribution in [1.29, 1.82) is 0 Å². The largest absolute Gasteiger partial charge is 0.506 e. The Labute approximate surface area is 165 Å². The Kier molecular flexibility index (Phi) is 4.96. The molecular formula is C20H18F3N5O. The third kappa shape index (κ3) is 4.08. The van der Waals surface area contributed by atoms with Gasteiger partial charge in [-0.2, -0.15) is 18.3 Å². The quantitative estimate of drug-likeness (QED) is 0.724. The van der Waals surface area contributed by atoms with Gasteiger partial charge >= 0.3 is 6.18 Å². The number of nitrogens with zero attached hydrogens (tertiary/aromatic N) is 5. The molecule has 150 valence electrons. The third-order valence-corrected chi connectivity index (χ3v) is 4.84. The lowest BCUT2D eigenvalue weighted by Crippen LogP contribution is -2.47. The highest BCUT2D eigenvalue weighted by Crippen LogP contribution is 2.31. The molecule has 0 atom stereocenters. The van der Waals surface area contributed by atoms with E-state index >= 15 is 0 Å². The lowest BCUT2D eigenvalue weighted by Gasteiger charge is -2.36. The van der Waals surface area contributed by atoms with Crippen molar-refractivity contribution in [2.45, 2.75) is 6.18 Å². The average Bonchev–Trinajstić information content (AvgIpc) is 2.74. The minimum absolute atomic E-state index is 0.239. The van der Waals surface area contributed by atoms with Crippen molar-refractivity contribution in [2.75, 3.05) is 36.0 Å². The van der Waals surface area contributed by atoms with Gasteiger partial charge in [-0.15, -0.1) is 5.10 Å². The number of anilines is 2. The molecule has 0 unspecified atom stereocenters. The number of para-hydroxylation sites is 2. The van der Waals surface area contributed by atoms with Gasteiger partial charge in [0.1, 0.15) is 5.75 Å². The van der Waals surface area contributed by atoms with Crippen LogP contribution in [0.15, 0.2) is 54.7 Å². The highest BCUT2D eigenvalue weighted by Gasteiger charge is 2.30. The number of alkyl halides is 3. The SMILES string of the molecule is Oc1ccccc1N1CCN(c2nncc(-c3ccc(C(F)(F)F)cc3)n2)CC1. The molecule has 1 aliphatic rings. The van der Waals surface area contributed by atoms with Crippen molar-refractivity contribution < 1.29 is 18.3 Å². The first-order valence-electron chi connectivity index (χ1n) is 9.07. The summed E-state index contributed by atoms with van der Waals surface area (Å²) in [5.74, 6) is 0.669. The monoisotopic (exact) mass is 401 g/mol. The lowest BCUT2D eigenvalue weighted by atomic mass is 10.1. The van der Waals surface area contributed by atoms with Crippen molar-refractivity contribution in [3.05, 3.63) is 60.3 Å². The lowest BCUT2D eigenvalue weighted by molar-refractivity contribution is -0.137. The van der Waals surface area contributed by atoms with E-state index < -0.39 is 11.7 Å². The number of phenolic OH excluding ortho intramolecular Hbond substituents is 1. The first-order valence-corrected chi connectivity index (χ1v) is 9.07. The molecule has 0 bridgehead atoms. The average molecular weight is 401 g/mol. The summed E-state index contributed by atoms with van der Waals surface area (Å²) in [7, 11) is 0. The second-order valence-electron chi connectivity index (χ2n) is 6.68. The van der Waals surface area contributed by atoms with Crippen LogP contribution in [0.1, 0.15) is 5.56 Å². The number of hydrogen-bond donors (Lipinski definition) is 1. The Balaban J connectivity index is 1.48. The van der Waals surface area contributed by atoms with E-state index in [1.807, 2.05) is 17.0 Å². The summed E-state index contributed by atoms with van der Waals surface area (Å²) in [5, 5.41) is 18.1. The highest BCUT2D eigenvalue weighted by molar-refractivity contribution is 5.61. The molecule has 0 aliphatic carbocycles. The Morgan fingerprint density at radius 1 is 0.862 bits per heavy atom. The van der Waals surface area contributed by atoms with Crippen LogP contribution in [0.2, 0.25) is 0 Å². The second kappa shape index (κ2) is 7.57. The normalized spacial score (nSPS) is 14.9. The Morgan fingerprint density at radius 3 is 2.17 bits per heavy atom. The highest BCUT2D eigenvalue weighted by atomic mass is 19.4. The zero-order valence-corrected chi connectivity index (χ0v) is 15.3. The predicted molar refractivity (Wildman–Crippen MR) is 103 cm³/mol. The van der Waals surface area contributed by atoms with Gasteiger partial charge in [0.05, 0.1) is 23.1 Å². The van der Waals surface area contributed by atoms with Gasteiger partial charge in [0.2, 0.25) is 5.95 Å². The Morgan fingerprint density at radius 2 is 1.52 bits per heavy atom. The first-order chi connectivity index (χ1) is 13.9. The zero-order valence-electron chi connectivity index (χ0n) is 15.3. The first kappa shape index (κ1) is 19.0. The van der Waals surface area contributed by atoms with Crippen LogP contribution in [-0.2, 0) is 6.18 Å². The van der Waals surface area contributed by atoms with E-state index in [1.165, 1.54) is 18.3 Å². The molecule has 3 aromatic rings. The van der Waals surface area contributed by atoms with E-state index in [0.29, 0.717) is 43.4 Å². The number of benzene rings is 2. The van der Waals surface area contributed by atoms with Crippen molar-refractivity contribution in [3.63, 3.8) is 0 Å². The van der Waals surface area contributed by atoms with E-state index in [4.69, 9.17) is 0 Å². The van der Waals surface area contributed by atoms with E-state index in [2.05, 4.69) is 20.1 Å². The molecule has 6 nitrogen and oxygen atoms in total. The molecule has 0 radical (unpaired) electrons. The van der Waals surface area contributed by atoms with Crippen LogP contribution in [0.3, 0.4) is 0 Å². The summed E-state index contributed by atoms with van der Waals surface area (Å²) >= 11 is 0. The van der Waals surface area contributed by atoms with Crippen molar-refractivity contribution in [3.8, 4) is 17.0 Å². The fourth-order valence-electron chi connectivity index (χ4n) is 3.28. The molecule has 9 heteroatoms. The van der Waals surface area contributed by atoms with E-state index in [9.17, 15) is 18.3 Å². The molecule has 4 rings (SSSR count). The number of hydrogen-bond acceptors (Lipinski definition) is 6. The van der Waals surface area contributed by atoms with Crippen molar-refractivity contribution in [1.82, 2.24) is 15.2 Å². The fraction of sp³-hybridized carbons (Fsp3) is 0.250. The zero-order chi connectivity index (χ0) is 20.4. The van der Waals surface area contributed by atoms with Crippen LogP contribution in [0.4, 0.5) is 24.8 Å². The minimum atomic E-state index is -4.37. The van der Waals surface area contributed by atoms with E-state index in [1.54, 1.807) is 12.1 Å². The summed E-state index contributed by atoms with van der Waals surface area (Å²) in [6, 6.07) is 12.0. The molecule has 1 aromatic heterocycles. The molecule has 0 amide bonds. The van der Waals surface area contributed by atoms with E-state index in [0.717, 1.165) is 17.8 Å². The summed E-state index contributed by atoms with van der Waals surface area (Å²) in [6.45, 7) is 2.61. The molecule has 2 heterocycles. The number of halogens is 3. The van der Waals surface area contributed by atoms with E-state index in [-0.39, 0.29) is 5.75 Å². The Bertz CT molecular complexity index is 986. The molecule has 1 N–H and O–H groups in total. The van der Waals surface area contributed by atoms with Gasteiger partial charge in [0.25, 0.3) is 0 Å². The van der Waals surface area contributed by atoms with Gasteiger partial charge in [-0.1, -0.05) is 24.3 Å². The maximum atomic E-state index is 12.7. The van der Waals surface area contributed by atoms with Gasteiger partial charge in [-0.05, 0) is 24.3 Å². The number of aromatic hydroxyl groups is 1. The molecular weight excluding hydrogens is 383 g/mol. The smallest absolute Gasteiger partial charge is 0.416 e. The van der Waals surface area contributed by atoms with Crippen LogP contribution in [-0.4, -0.2) is 46.5 Å². The van der Waals surface area contributed by atoms with Gasteiger partial charge in [-0.25, -0.2) is 4.98 Å². The topological polar surface area (TPSA) is 65.4 Å². The van der Waals surface area contributed by atoms with Crippen molar-refractivity contribution >= 4 is 11.6 Å². The van der Waals surface area contributed by atoms with Crippen molar-refractivity contribution in [2.24, 2.45) is 0 Å². The molecule has 1 fully saturated rings.